The molecule has 6 nitrogen and oxygen atoms in total. The van der Waals surface area contributed by atoms with Crippen molar-refractivity contribution in [3.63, 3.8) is 0 Å². The average molecular weight is 253 g/mol. The van der Waals surface area contributed by atoms with E-state index in [-0.39, 0.29) is 6.42 Å². The summed E-state index contributed by atoms with van der Waals surface area (Å²) in [6.07, 6.45) is 3.37. The van der Waals surface area contributed by atoms with Gasteiger partial charge in [-0.05, 0) is 18.1 Å². The predicted molar refractivity (Wildman–Crippen MR) is 61.5 cm³/mol. The van der Waals surface area contributed by atoms with E-state index in [2.05, 4.69) is 14.5 Å². The van der Waals surface area contributed by atoms with E-state index in [0.29, 0.717) is 6.42 Å². The lowest BCUT2D eigenvalue weighted by Crippen LogP contribution is -2.48. The highest BCUT2D eigenvalue weighted by Gasteiger charge is 2.46. The van der Waals surface area contributed by atoms with Crippen LogP contribution in [0.25, 0.3) is 0 Å². The minimum atomic E-state index is -2.28. The summed E-state index contributed by atoms with van der Waals surface area (Å²) < 4.78 is 8.84. The van der Waals surface area contributed by atoms with Gasteiger partial charge < -0.3 is 14.6 Å². The van der Waals surface area contributed by atoms with Gasteiger partial charge in [-0.2, -0.15) is 0 Å². The summed E-state index contributed by atoms with van der Waals surface area (Å²) in [6.45, 7) is 0. The summed E-state index contributed by atoms with van der Waals surface area (Å²) in [4.78, 5) is 26.8. The number of aryl methyl sites for hydroxylation is 1. The molecule has 0 bridgehead atoms. The minimum absolute atomic E-state index is 0.127. The van der Waals surface area contributed by atoms with E-state index in [0.717, 1.165) is 19.8 Å². The summed E-state index contributed by atoms with van der Waals surface area (Å²) in [6, 6.07) is 3.51. The van der Waals surface area contributed by atoms with Crippen molar-refractivity contribution >= 4 is 11.9 Å². The Morgan fingerprint density at radius 1 is 1.33 bits per heavy atom. The van der Waals surface area contributed by atoms with Gasteiger partial charge in [0.25, 0.3) is 5.60 Å². The molecule has 0 saturated carbocycles. The molecule has 0 spiro atoms. The highest BCUT2D eigenvalue weighted by atomic mass is 16.6. The first-order valence-electron chi connectivity index (χ1n) is 5.32. The van der Waals surface area contributed by atoms with E-state index in [1.54, 1.807) is 24.5 Å². The minimum Gasteiger partial charge on any atom is -0.466 e. The van der Waals surface area contributed by atoms with Gasteiger partial charge in [0.05, 0.1) is 14.2 Å². The molecule has 18 heavy (non-hydrogen) atoms. The second kappa shape index (κ2) is 6.11. The van der Waals surface area contributed by atoms with E-state index >= 15 is 0 Å². The summed E-state index contributed by atoms with van der Waals surface area (Å²) in [5.41, 5.74) is -1.48. The first kappa shape index (κ1) is 14.1. The van der Waals surface area contributed by atoms with Crippen molar-refractivity contribution < 1.29 is 24.2 Å². The highest BCUT2D eigenvalue weighted by molar-refractivity contribution is 6.03. The van der Waals surface area contributed by atoms with Crippen molar-refractivity contribution in [2.45, 2.75) is 18.4 Å². The third-order valence-corrected chi connectivity index (χ3v) is 2.54. The van der Waals surface area contributed by atoms with Gasteiger partial charge in [-0.25, -0.2) is 9.59 Å². The van der Waals surface area contributed by atoms with Crippen LogP contribution in [-0.4, -0.2) is 41.8 Å². The number of rotatable bonds is 5. The zero-order valence-corrected chi connectivity index (χ0v) is 10.3. The first-order valence-corrected chi connectivity index (χ1v) is 5.32. The van der Waals surface area contributed by atoms with Crippen LogP contribution in [-0.2, 0) is 25.5 Å². The Balaban J connectivity index is 2.80. The topological polar surface area (TPSA) is 85.7 Å². The molecular weight excluding hydrogens is 238 g/mol. The highest BCUT2D eigenvalue weighted by Crippen LogP contribution is 2.18. The van der Waals surface area contributed by atoms with Crippen molar-refractivity contribution in [3.8, 4) is 0 Å². The van der Waals surface area contributed by atoms with E-state index in [1.165, 1.54) is 0 Å². The van der Waals surface area contributed by atoms with Crippen LogP contribution in [0.5, 0.6) is 0 Å². The predicted octanol–water partition coefficient (Wildman–Crippen LogP) is 0.0913. The number of hydrogen-bond donors (Lipinski definition) is 1. The standard InChI is InChI=1S/C12H15NO5/c1-17-10(14)12(16,11(15)18-2)6-5-9-4-3-7-13-8-9/h3-4,7-8,16H,5-6H2,1-2H3. The molecular formula is C12H15NO5. The Kier molecular flexibility index (Phi) is 4.79. The zero-order chi connectivity index (χ0) is 13.6. The fraction of sp³-hybridized carbons (Fsp3) is 0.417. The lowest BCUT2D eigenvalue weighted by Gasteiger charge is -2.22. The third kappa shape index (κ3) is 3.04. The molecule has 0 aliphatic heterocycles. The van der Waals surface area contributed by atoms with E-state index in [4.69, 9.17) is 0 Å². The average Bonchev–Trinajstić information content (AvgIpc) is 2.43. The number of ether oxygens (including phenoxy) is 2. The number of esters is 2. The molecule has 0 amide bonds. The normalized spacial score (nSPS) is 10.8. The van der Waals surface area contributed by atoms with Crippen LogP contribution in [0.3, 0.4) is 0 Å². The molecule has 1 aromatic rings. The maximum atomic E-state index is 11.5. The molecule has 0 saturated heterocycles. The molecule has 0 radical (unpaired) electrons. The van der Waals surface area contributed by atoms with Crippen LogP contribution < -0.4 is 0 Å². The van der Waals surface area contributed by atoms with Gasteiger partial charge in [-0.1, -0.05) is 6.07 Å². The SMILES string of the molecule is COC(=O)C(O)(CCc1cccnc1)C(=O)OC. The molecule has 0 aliphatic carbocycles. The Morgan fingerprint density at radius 3 is 2.39 bits per heavy atom. The van der Waals surface area contributed by atoms with Crippen molar-refractivity contribution in [1.82, 2.24) is 4.98 Å². The fourth-order valence-corrected chi connectivity index (χ4v) is 1.50. The van der Waals surface area contributed by atoms with Crippen LogP contribution in [0.4, 0.5) is 0 Å². The van der Waals surface area contributed by atoms with Crippen LogP contribution in [0.15, 0.2) is 24.5 Å². The van der Waals surface area contributed by atoms with Gasteiger partial charge in [-0.15, -0.1) is 0 Å². The fourth-order valence-electron chi connectivity index (χ4n) is 1.50. The van der Waals surface area contributed by atoms with Crippen LogP contribution >= 0.6 is 0 Å². The molecule has 98 valence electrons. The second-order valence-corrected chi connectivity index (χ2v) is 3.70. The maximum absolute atomic E-state index is 11.5. The van der Waals surface area contributed by atoms with Crippen LogP contribution in [0.1, 0.15) is 12.0 Å². The molecule has 0 unspecified atom stereocenters. The lowest BCUT2D eigenvalue weighted by molar-refractivity contribution is -0.181. The second-order valence-electron chi connectivity index (χ2n) is 3.70. The van der Waals surface area contributed by atoms with Crippen LogP contribution in [0, 0.1) is 0 Å². The molecule has 0 atom stereocenters. The van der Waals surface area contributed by atoms with Gasteiger partial charge in [0.15, 0.2) is 0 Å². The lowest BCUT2D eigenvalue weighted by atomic mass is 9.95. The zero-order valence-electron chi connectivity index (χ0n) is 10.3. The smallest absolute Gasteiger partial charge is 0.349 e. The molecule has 0 aliphatic rings. The van der Waals surface area contributed by atoms with E-state index < -0.39 is 17.5 Å². The maximum Gasteiger partial charge on any atom is 0.349 e. The van der Waals surface area contributed by atoms with Crippen molar-refractivity contribution in [2.75, 3.05) is 14.2 Å². The van der Waals surface area contributed by atoms with Gasteiger partial charge in [-0.3, -0.25) is 4.98 Å². The quantitative estimate of drug-likeness (QED) is 0.591. The number of carbonyl (C=O) groups excluding carboxylic acids is 2. The Morgan fingerprint density at radius 2 is 1.94 bits per heavy atom. The van der Waals surface area contributed by atoms with Gasteiger partial charge in [0.1, 0.15) is 0 Å². The van der Waals surface area contributed by atoms with Gasteiger partial charge in [0.2, 0.25) is 0 Å². The van der Waals surface area contributed by atoms with Crippen molar-refractivity contribution in [3.05, 3.63) is 30.1 Å². The summed E-state index contributed by atoms with van der Waals surface area (Å²) >= 11 is 0. The molecule has 1 aromatic heterocycles. The number of aliphatic hydroxyl groups is 1. The Bertz CT molecular complexity index is 402. The Hall–Kier alpha value is -1.95. The van der Waals surface area contributed by atoms with Crippen molar-refractivity contribution in [1.29, 1.82) is 0 Å². The number of aromatic nitrogens is 1. The van der Waals surface area contributed by atoms with E-state index in [9.17, 15) is 14.7 Å². The molecule has 0 fully saturated rings. The summed E-state index contributed by atoms with van der Waals surface area (Å²) in [5, 5.41) is 10.0. The monoisotopic (exact) mass is 253 g/mol. The number of methoxy groups -OCH3 is 2. The largest absolute Gasteiger partial charge is 0.466 e. The number of hydrogen-bond acceptors (Lipinski definition) is 6. The third-order valence-electron chi connectivity index (χ3n) is 2.54. The molecule has 0 aromatic carbocycles. The summed E-state index contributed by atoms with van der Waals surface area (Å²) in [5.74, 6) is -2.06. The number of carbonyl (C=O) groups is 2. The molecule has 1 rings (SSSR count). The van der Waals surface area contributed by atoms with Crippen LogP contribution in [0.2, 0.25) is 0 Å². The van der Waals surface area contributed by atoms with Gasteiger partial charge in [0, 0.05) is 18.8 Å². The van der Waals surface area contributed by atoms with E-state index in [1.807, 2.05) is 0 Å². The Labute approximate surface area is 105 Å². The number of pyridine rings is 1. The van der Waals surface area contributed by atoms with Crippen molar-refractivity contribution in [2.24, 2.45) is 0 Å². The molecule has 1 N–H and O–H groups in total. The molecule has 6 heteroatoms. The number of nitrogens with zero attached hydrogens (tertiary/aromatic N) is 1. The van der Waals surface area contributed by atoms with Gasteiger partial charge >= 0.3 is 11.9 Å². The summed E-state index contributed by atoms with van der Waals surface area (Å²) in [7, 11) is 2.20. The molecule has 1 heterocycles. The first-order chi connectivity index (χ1) is 8.54.